The van der Waals surface area contributed by atoms with E-state index in [1.165, 1.54) is 0 Å². The standard InChI is InChI=1S/C12H20O13S/c13-1-4(15)9(10(5(16)2-14)25-26(19,20)21)24-12-8(18)11-7(17)6(23-12)3-22-11/h1,4-12,14-18H,2-3H2,(H,19,20,21)/t4-,5+,6+,7-,8+,9+,10-,11-,12+/m0/s1. The Morgan fingerprint density at radius 3 is 2.38 bits per heavy atom. The lowest BCUT2D eigenvalue weighted by molar-refractivity contribution is -0.294. The average molecular weight is 404 g/mol. The van der Waals surface area contributed by atoms with Crippen LogP contribution in [0, 0.1) is 0 Å². The zero-order chi connectivity index (χ0) is 19.6. The van der Waals surface area contributed by atoms with Crippen LogP contribution in [0.2, 0.25) is 0 Å². The summed E-state index contributed by atoms with van der Waals surface area (Å²) < 4.78 is 50.5. The highest BCUT2D eigenvalue weighted by Crippen LogP contribution is 2.31. The third kappa shape index (κ3) is 4.73. The van der Waals surface area contributed by atoms with Gasteiger partial charge < -0.3 is 44.5 Å². The molecule has 0 amide bonds. The molecule has 152 valence electrons. The second-order valence-corrected chi connectivity index (χ2v) is 6.84. The molecule has 2 aliphatic heterocycles. The maximum atomic E-state index is 11.0. The molecule has 0 unspecified atom stereocenters. The molecule has 0 aliphatic carbocycles. The van der Waals surface area contributed by atoms with Gasteiger partial charge in [0.25, 0.3) is 0 Å². The lowest BCUT2D eigenvalue weighted by atomic mass is 10.0. The van der Waals surface area contributed by atoms with Gasteiger partial charge in [-0.1, -0.05) is 0 Å². The Balaban J connectivity index is 2.24. The molecular weight excluding hydrogens is 384 g/mol. The number of hydrogen-bond acceptors (Lipinski definition) is 12. The van der Waals surface area contributed by atoms with E-state index in [1.54, 1.807) is 0 Å². The molecule has 0 aromatic heterocycles. The minimum Gasteiger partial charge on any atom is -0.394 e. The van der Waals surface area contributed by atoms with E-state index in [-0.39, 0.29) is 12.9 Å². The highest BCUT2D eigenvalue weighted by molar-refractivity contribution is 7.80. The monoisotopic (exact) mass is 404 g/mol. The maximum absolute atomic E-state index is 11.0. The second-order valence-electron chi connectivity index (χ2n) is 5.79. The number of rotatable bonds is 9. The largest absolute Gasteiger partial charge is 0.397 e. The fraction of sp³-hybridized carbons (Fsp3) is 0.917. The molecule has 2 fully saturated rings. The van der Waals surface area contributed by atoms with E-state index in [9.17, 15) is 33.6 Å². The van der Waals surface area contributed by atoms with Crippen molar-refractivity contribution in [2.45, 2.75) is 55.1 Å². The quantitative estimate of drug-likeness (QED) is 0.158. The first kappa shape index (κ1) is 21.5. The van der Waals surface area contributed by atoms with Crippen molar-refractivity contribution < 1.29 is 61.7 Å². The van der Waals surface area contributed by atoms with Gasteiger partial charge in [-0.3, -0.25) is 4.55 Å². The van der Waals surface area contributed by atoms with Crippen molar-refractivity contribution in [3.63, 3.8) is 0 Å². The molecule has 13 nitrogen and oxygen atoms in total. The van der Waals surface area contributed by atoms with Gasteiger partial charge in [-0.2, -0.15) is 8.42 Å². The predicted molar refractivity (Wildman–Crippen MR) is 76.9 cm³/mol. The van der Waals surface area contributed by atoms with E-state index in [0.717, 1.165) is 0 Å². The lowest BCUT2D eigenvalue weighted by Crippen LogP contribution is -2.58. The van der Waals surface area contributed by atoms with Crippen LogP contribution in [0.1, 0.15) is 0 Å². The highest BCUT2D eigenvalue weighted by atomic mass is 32.3. The minimum atomic E-state index is -5.18. The minimum absolute atomic E-state index is 0.0755. The van der Waals surface area contributed by atoms with Gasteiger partial charge in [-0.05, 0) is 0 Å². The first-order chi connectivity index (χ1) is 12.1. The molecular formula is C12H20O13S. The van der Waals surface area contributed by atoms with Gasteiger partial charge in [0.2, 0.25) is 0 Å². The number of hydrogen-bond donors (Lipinski definition) is 6. The van der Waals surface area contributed by atoms with Gasteiger partial charge in [0, 0.05) is 0 Å². The van der Waals surface area contributed by atoms with Crippen LogP contribution in [-0.2, 0) is 33.6 Å². The molecule has 26 heavy (non-hydrogen) atoms. The molecule has 2 bridgehead atoms. The van der Waals surface area contributed by atoms with E-state index in [0.29, 0.717) is 0 Å². The second kappa shape index (κ2) is 8.49. The summed E-state index contributed by atoms with van der Waals surface area (Å²) in [4.78, 5) is 10.9. The SMILES string of the molecule is O=C[C@H](O)[C@@H](O[C@H]1O[C@@H]2CO[C@@H]([C@H]2O)[C@H]1O)[C@@H](OS(=O)(=O)O)[C@H](O)CO. The Morgan fingerprint density at radius 2 is 1.85 bits per heavy atom. The number of carbonyl (C=O) groups is 1. The van der Waals surface area contributed by atoms with Crippen molar-refractivity contribution in [2.75, 3.05) is 13.2 Å². The summed E-state index contributed by atoms with van der Waals surface area (Å²) in [5.74, 6) is 0. The van der Waals surface area contributed by atoms with Gasteiger partial charge in [-0.25, -0.2) is 4.18 Å². The molecule has 0 aromatic rings. The van der Waals surface area contributed by atoms with Crippen LogP contribution < -0.4 is 0 Å². The average Bonchev–Trinajstić information content (AvgIpc) is 2.84. The van der Waals surface area contributed by atoms with E-state index >= 15 is 0 Å². The molecule has 0 radical (unpaired) electrons. The Kier molecular flexibility index (Phi) is 7.03. The highest BCUT2D eigenvalue weighted by Gasteiger charge is 2.52. The summed E-state index contributed by atoms with van der Waals surface area (Å²) in [5.41, 5.74) is 0. The van der Waals surface area contributed by atoms with Gasteiger partial charge >= 0.3 is 10.4 Å². The zero-order valence-corrected chi connectivity index (χ0v) is 14.0. The van der Waals surface area contributed by atoms with Crippen LogP contribution in [-0.4, -0.2) is 113 Å². The maximum Gasteiger partial charge on any atom is 0.397 e. The van der Waals surface area contributed by atoms with Crippen LogP contribution in [0.25, 0.3) is 0 Å². The molecule has 0 aromatic carbocycles. The smallest absolute Gasteiger partial charge is 0.394 e. The number of aliphatic hydroxyl groups is 5. The first-order valence-corrected chi connectivity index (χ1v) is 8.82. The summed E-state index contributed by atoms with van der Waals surface area (Å²) in [6.07, 6.45) is -14.6. The topological polar surface area (TPSA) is 210 Å². The lowest BCUT2D eigenvalue weighted by Gasteiger charge is -2.39. The van der Waals surface area contributed by atoms with Crippen LogP contribution in [0.4, 0.5) is 0 Å². The van der Waals surface area contributed by atoms with Gasteiger partial charge in [0.05, 0.1) is 13.2 Å². The number of carbonyl (C=O) groups excluding carboxylic acids is 1. The number of ether oxygens (including phenoxy) is 3. The summed E-state index contributed by atoms with van der Waals surface area (Å²) in [6.45, 7) is -1.15. The molecule has 2 heterocycles. The molecule has 6 N–H and O–H groups in total. The van der Waals surface area contributed by atoms with Crippen molar-refractivity contribution in [3.8, 4) is 0 Å². The fourth-order valence-electron chi connectivity index (χ4n) is 2.72. The zero-order valence-electron chi connectivity index (χ0n) is 13.1. The Labute approximate surface area is 147 Å². The van der Waals surface area contributed by atoms with Crippen LogP contribution in [0.3, 0.4) is 0 Å². The molecule has 9 atom stereocenters. The first-order valence-electron chi connectivity index (χ1n) is 7.45. The number of aliphatic hydroxyl groups excluding tert-OH is 5. The molecule has 0 spiro atoms. The molecule has 2 rings (SSSR count). The summed E-state index contributed by atoms with van der Waals surface area (Å²) >= 11 is 0. The number of aldehydes is 1. The van der Waals surface area contributed by atoms with Crippen molar-refractivity contribution in [1.29, 1.82) is 0 Å². The molecule has 0 saturated carbocycles. The van der Waals surface area contributed by atoms with Crippen LogP contribution in [0.15, 0.2) is 0 Å². The van der Waals surface area contributed by atoms with Gasteiger partial charge in [0.1, 0.15) is 48.8 Å². The van der Waals surface area contributed by atoms with E-state index in [4.69, 9.17) is 23.9 Å². The summed E-state index contributed by atoms with van der Waals surface area (Å²) in [6, 6.07) is 0. The Hall–Kier alpha value is -0.780. The van der Waals surface area contributed by atoms with Gasteiger partial charge in [0.15, 0.2) is 12.6 Å². The van der Waals surface area contributed by atoms with Gasteiger partial charge in [-0.15, -0.1) is 0 Å². The normalized spacial score (nSPS) is 36.3. The Morgan fingerprint density at radius 1 is 1.19 bits per heavy atom. The van der Waals surface area contributed by atoms with Crippen LogP contribution in [0.5, 0.6) is 0 Å². The van der Waals surface area contributed by atoms with Crippen molar-refractivity contribution in [3.05, 3.63) is 0 Å². The predicted octanol–water partition coefficient (Wildman–Crippen LogP) is -4.68. The molecule has 2 saturated heterocycles. The third-order valence-electron chi connectivity index (χ3n) is 3.98. The van der Waals surface area contributed by atoms with Crippen molar-refractivity contribution in [1.82, 2.24) is 0 Å². The van der Waals surface area contributed by atoms with Crippen molar-refractivity contribution >= 4 is 16.7 Å². The van der Waals surface area contributed by atoms with E-state index in [2.05, 4.69) is 4.18 Å². The van der Waals surface area contributed by atoms with Crippen molar-refractivity contribution in [2.24, 2.45) is 0 Å². The summed E-state index contributed by atoms with van der Waals surface area (Å²) in [5, 5.41) is 48.4. The van der Waals surface area contributed by atoms with E-state index < -0.39 is 72.1 Å². The molecule has 14 heteroatoms. The molecule has 2 aliphatic rings. The summed E-state index contributed by atoms with van der Waals surface area (Å²) in [7, 11) is -5.18. The number of fused-ring (bicyclic) bond motifs is 2. The third-order valence-corrected chi connectivity index (χ3v) is 4.45. The van der Waals surface area contributed by atoms with Crippen LogP contribution >= 0.6 is 0 Å². The van der Waals surface area contributed by atoms with E-state index in [1.807, 2.05) is 0 Å². The Bertz CT molecular complexity index is 582. The fourth-order valence-corrected chi connectivity index (χ4v) is 3.24.